The maximum atomic E-state index is 12.3. The number of carbonyl (C=O) groups is 1. The van der Waals surface area contributed by atoms with Crippen molar-refractivity contribution in [1.82, 2.24) is 9.91 Å². The molecule has 0 aromatic heterocycles. The number of hydrogen-bond donors (Lipinski definition) is 0. The van der Waals surface area contributed by atoms with Crippen LogP contribution in [0.4, 0.5) is 10.5 Å². The third kappa shape index (κ3) is 2.75. The average molecular weight is 340 g/mol. The minimum atomic E-state index is -0.130. The van der Waals surface area contributed by atoms with Crippen molar-refractivity contribution in [3.05, 3.63) is 28.7 Å². The van der Waals surface area contributed by atoms with E-state index in [1.165, 1.54) is 5.01 Å². The summed E-state index contributed by atoms with van der Waals surface area (Å²) in [4.78, 5) is 14.0. The van der Waals surface area contributed by atoms with Gasteiger partial charge in [-0.25, -0.2) is 9.80 Å². The number of rotatable bonds is 1. The molecule has 0 N–H and O–H groups in total. The van der Waals surface area contributed by atoms with Gasteiger partial charge in [-0.1, -0.05) is 22.0 Å². The van der Waals surface area contributed by atoms with E-state index in [4.69, 9.17) is 4.74 Å². The van der Waals surface area contributed by atoms with Gasteiger partial charge in [0, 0.05) is 17.6 Å². The van der Waals surface area contributed by atoms with Crippen molar-refractivity contribution in [2.75, 3.05) is 38.0 Å². The molecule has 0 spiro atoms. The molecule has 2 aliphatic rings. The van der Waals surface area contributed by atoms with Crippen molar-refractivity contribution in [1.29, 1.82) is 0 Å². The fraction of sp³-hybridized carbons (Fsp3) is 0.417. The first kappa shape index (κ1) is 13.3. The minimum Gasteiger partial charge on any atom is -0.378 e. The smallest absolute Gasteiger partial charge is 0.343 e. The molecule has 3 rings (SSSR count). The molecule has 0 radical (unpaired) electrons. The lowest BCUT2D eigenvalue weighted by molar-refractivity contribution is 0.0443. The van der Waals surface area contributed by atoms with Crippen LogP contribution in [0.15, 0.2) is 39.2 Å². The van der Waals surface area contributed by atoms with Crippen molar-refractivity contribution in [2.45, 2.75) is 0 Å². The predicted molar refractivity (Wildman–Crippen MR) is 76.0 cm³/mol. The molecule has 0 aliphatic carbocycles. The number of amides is 2. The number of urea groups is 1. The molecule has 1 aromatic carbocycles. The van der Waals surface area contributed by atoms with Gasteiger partial charge >= 0.3 is 6.03 Å². The monoisotopic (exact) mass is 339 g/mol. The molecule has 2 aliphatic heterocycles. The summed E-state index contributed by atoms with van der Waals surface area (Å²) in [6.07, 6.45) is 0. The van der Waals surface area contributed by atoms with E-state index in [-0.39, 0.29) is 6.03 Å². The zero-order chi connectivity index (χ0) is 13.9. The third-order valence-electron chi connectivity index (χ3n) is 3.13. The standard InChI is InChI=1S/C12H14BrN5O2/c13-10-2-1-3-11(8-10)17-9-18(15-14-17)12(19)16-4-6-20-7-5-16/h1-3,8H,4-7,9H2. The summed E-state index contributed by atoms with van der Waals surface area (Å²) in [5.41, 5.74) is 0.889. The lowest BCUT2D eigenvalue weighted by atomic mass is 10.3. The quantitative estimate of drug-likeness (QED) is 0.788. The summed E-state index contributed by atoms with van der Waals surface area (Å²) in [7, 11) is 0. The van der Waals surface area contributed by atoms with Crippen LogP contribution in [0.3, 0.4) is 0 Å². The van der Waals surface area contributed by atoms with Crippen LogP contribution < -0.4 is 5.01 Å². The van der Waals surface area contributed by atoms with Gasteiger partial charge in [0.25, 0.3) is 0 Å². The molecule has 1 fully saturated rings. The van der Waals surface area contributed by atoms with Crippen LogP contribution >= 0.6 is 15.9 Å². The average Bonchev–Trinajstić information content (AvgIpc) is 2.97. The first-order valence-electron chi connectivity index (χ1n) is 6.33. The largest absolute Gasteiger partial charge is 0.378 e. The van der Waals surface area contributed by atoms with Crippen molar-refractivity contribution >= 4 is 27.6 Å². The van der Waals surface area contributed by atoms with Gasteiger partial charge in [0.1, 0.15) is 6.67 Å². The molecule has 0 saturated carbocycles. The number of benzene rings is 1. The molecule has 1 aromatic rings. The van der Waals surface area contributed by atoms with Gasteiger partial charge in [-0.2, -0.15) is 5.01 Å². The zero-order valence-electron chi connectivity index (χ0n) is 10.8. The number of ether oxygens (including phenoxy) is 1. The topological polar surface area (TPSA) is 60.7 Å². The van der Waals surface area contributed by atoms with Gasteiger partial charge in [-0.15, -0.1) is 0 Å². The minimum absolute atomic E-state index is 0.130. The van der Waals surface area contributed by atoms with Gasteiger partial charge in [-0.05, 0) is 28.6 Å². The molecule has 0 atom stereocenters. The van der Waals surface area contributed by atoms with E-state index >= 15 is 0 Å². The molecule has 106 valence electrons. The molecular weight excluding hydrogens is 326 g/mol. The van der Waals surface area contributed by atoms with Crippen molar-refractivity contribution in [3.8, 4) is 0 Å². The van der Waals surface area contributed by atoms with Crippen LogP contribution in [-0.2, 0) is 4.74 Å². The highest BCUT2D eigenvalue weighted by molar-refractivity contribution is 9.10. The highest BCUT2D eigenvalue weighted by Crippen LogP contribution is 2.23. The lowest BCUT2D eigenvalue weighted by Crippen LogP contribution is -2.47. The van der Waals surface area contributed by atoms with Crippen LogP contribution in [0.2, 0.25) is 0 Å². The Morgan fingerprint density at radius 1 is 1.25 bits per heavy atom. The SMILES string of the molecule is O=C(N1CCOCC1)N1CN(c2cccc(Br)c2)N=N1. The number of morpholine rings is 1. The Hall–Kier alpha value is -1.67. The van der Waals surface area contributed by atoms with Crippen LogP contribution in [0.25, 0.3) is 0 Å². The second kappa shape index (κ2) is 5.76. The number of hydrogen-bond acceptors (Lipinski definition) is 5. The van der Waals surface area contributed by atoms with Crippen LogP contribution in [0.5, 0.6) is 0 Å². The maximum absolute atomic E-state index is 12.3. The Labute approximate surface area is 124 Å². The summed E-state index contributed by atoms with van der Waals surface area (Å²) in [6, 6.07) is 7.58. The zero-order valence-corrected chi connectivity index (χ0v) is 12.4. The van der Waals surface area contributed by atoms with Gasteiger partial charge in [0.2, 0.25) is 0 Å². The molecule has 2 heterocycles. The third-order valence-corrected chi connectivity index (χ3v) is 3.63. The Morgan fingerprint density at radius 3 is 2.80 bits per heavy atom. The fourth-order valence-electron chi connectivity index (χ4n) is 2.07. The van der Waals surface area contributed by atoms with Gasteiger partial charge in [0.15, 0.2) is 0 Å². The van der Waals surface area contributed by atoms with E-state index in [1.54, 1.807) is 9.91 Å². The number of anilines is 1. The molecule has 8 heteroatoms. The highest BCUT2D eigenvalue weighted by Gasteiger charge is 2.28. The van der Waals surface area contributed by atoms with Gasteiger partial charge in [0.05, 0.1) is 18.9 Å². The Bertz CT molecular complexity index is 532. The molecule has 7 nitrogen and oxygen atoms in total. The Kier molecular flexibility index (Phi) is 3.83. The first-order valence-corrected chi connectivity index (χ1v) is 7.12. The van der Waals surface area contributed by atoms with Gasteiger partial charge in [-0.3, -0.25) is 0 Å². The Morgan fingerprint density at radius 2 is 2.05 bits per heavy atom. The molecule has 0 bridgehead atoms. The number of halogens is 1. The van der Waals surface area contributed by atoms with Crippen molar-refractivity contribution in [2.24, 2.45) is 10.4 Å². The van der Waals surface area contributed by atoms with E-state index in [0.717, 1.165) is 10.2 Å². The van der Waals surface area contributed by atoms with E-state index in [0.29, 0.717) is 33.0 Å². The maximum Gasteiger partial charge on any atom is 0.343 e. The summed E-state index contributed by atoms with van der Waals surface area (Å²) in [5.74, 6) is 0. The second-order valence-electron chi connectivity index (χ2n) is 4.48. The van der Waals surface area contributed by atoms with Crippen molar-refractivity contribution in [3.63, 3.8) is 0 Å². The second-order valence-corrected chi connectivity index (χ2v) is 5.40. The molecular formula is C12H14BrN5O2. The number of carbonyl (C=O) groups excluding carboxylic acids is 1. The van der Waals surface area contributed by atoms with E-state index < -0.39 is 0 Å². The van der Waals surface area contributed by atoms with E-state index in [2.05, 4.69) is 26.4 Å². The summed E-state index contributed by atoms with van der Waals surface area (Å²) < 4.78 is 6.20. The number of nitrogens with zero attached hydrogens (tertiary/aromatic N) is 5. The van der Waals surface area contributed by atoms with Crippen molar-refractivity contribution < 1.29 is 9.53 Å². The van der Waals surface area contributed by atoms with Gasteiger partial charge < -0.3 is 9.64 Å². The van der Waals surface area contributed by atoms with Crippen LogP contribution in [0.1, 0.15) is 0 Å². The molecule has 0 unspecified atom stereocenters. The summed E-state index contributed by atoms with van der Waals surface area (Å²) in [6.45, 7) is 2.67. The summed E-state index contributed by atoms with van der Waals surface area (Å²) in [5, 5.41) is 11.0. The molecule has 20 heavy (non-hydrogen) atoms. The lowest BCUT2D eigenvalue weighted by Gasteiger charge is -2.28. The van der Waals surface area contributed by atoms with E-state index in [9.17, 15) is 4.79 Å². The molecule has 2 amide bonds. The van der Waals surface area contributed by atoms with E-state index in [1.807, 2.05) is 24.3 Å². The predicted octanol–water partition coefficient (Wildman–Crippen LogP) is 2.26. The normalized spacial score (nSPS) is 18.8. The van der Waals surface area contributed by atoms with Crippen LogP contribution in [0, 0.1) is 0 Å². The first-order chi connectivity index (χ1) is 9.74. The summed E-state index contributed by atoms with van der Waals surface area (Å²) >= 11 is 3.41. The van der Waals surface area contributed by atoms with Crippen LogP contribution in [-0.4, -0.2) is 48.9 Å². The Balaban J connectivity index is 1.65. The molecule has 1 saturated heterocycles. The highest BCUT2D eigenvalue weighted by atomic mass is 79.9. The fourth-order valence-corrected chi connectivity index (χ4v) is 2.45.